The molecule has 2 aromatic rings. The van der Waals surface area contributed by atoms with E-state index in [4.69, 9.17) is 16.3 Å². The molecule has 1 aliphatic heterocycles. The van der Waals surface area contributed by atoms with Crippen molar-refractivity contribution in [2.24, 2.45) is 5.41 Å². The molecule has 178 valence electrons. The first-order valence-corrected chi connectivity index (χ1v) is 12.8. The van der Waals surface area contributed by atoms with Gasteiger partial charge >= 0.3 is 0 Å². The maximum absolute atomic E-state index is 10.2. The first-order valence-electron chi connectivity index (χ1n) is 12.5. The van der Waals surface area contributed by atoms with Crippen LogP contribution in [0.5, 0.6) is 0 Å². The maximum Gasteiger partial charge on any atom is 0.110 e. The number of benzene rings is 2. The molecule has 1 heterocycles. The highest BCUT2D eigenvalue weighted by atomic mass is 35.5. The smallest absolute Gasteiger partial charge is 0.110 e. The second kappa shape index (κ2) is 9.67. The van der Waals surface area contributed by atoms with Crippen molar-refractivity contribution < 1.29 is 20.1 Å². The standard InChI is InChI=1S/C28H35ClO4/c29-23-7-6-21(25-16-24(31)27(32)26(17-30)33-25)15-22(23)14-18-2-4-19(5-3-18)20-8-12-28(13-9-20)10-1-11-28/h2-7,15,20,24-27,30-32H,1,8-14,16-17H2/t24-,25-,26-,27+/m1/s1. The summed E-state index contributed by atoms with van der Waals surface area (Å²) in [6.45, 7) is -0.330. The Bertz CT molecular complexity index is 945. The molecule has 1 saturated heterocycles. The summed E-state index contributed by atoms with van der Waals surface area (Å²) in [5.74, 6) is 0.696. The molecule has 4 nitrogen and oxygen atoms in total. The van der Waals surface area contributed by atoms with Crippen molar-refractivity contribution in [1.29, 1.82) is 0 Å². The number of aliphatic hydroxyl groups excluding tert-OH is 3. The topological polar surface area (TPSA) is 69.9 Å². The molecule has 33 heavy (non-hydrogen) atoms. The molecule has 0 bridgehead atoms. The van der Waals surface area contributed by atoms with Gasteiger partial charge in [0.2, 0.25) is 0 Å². The van der Waals surface area contributed by atoms with E-state index in [2.05, 4.69) is 24.3 Å². The summed E-state index contributed by atoms with van der Waals surface area (Å²) < 4.78 is 5.86. The molecule has 5 rings (SSSR count). The Morgan fingerprint density at radius 1 is 0.939 bits per heavy atom. The van der Waals surface area contributed by atoms with Gasteiger partial charge in [0.25, 0.3) is 0 Å². The van der Waals surface area contributed by atoms with Gasteiger partial charge in [0.05, 0.1) is 18.8 Å². The minimum Gasteiger partial charge on any atom is -0.394 e. The Morgan fingerprint density at radius 2 is 1.64 bits per heavy atom. The third-order valence-electron chi connectivity index (χ3n) is 8.50. The lowest BCUT2D eigenvalue weighted by molar-refractivity contribution is -0.181. The lowest BCUT2D eigenvalue weighted by Crippen LogP contribution is -2.47. The van der Waals surface area contributed by atoms with Crippen molar-refractivity contribution in [3.63, 3.8) is 0 Å². The fourth-order valence-corrected chi connectivity index (χ4v) is 6.30. The lowest BCUT2D eigenvalue weighted by atomic mass is 9.58. The lowest BCUT2D eigenvalue weighted by Gasteiger charge is -2.47. The number of ether oxygens (including phenoxy) is 1. The molecule has 4 atom stereocenters. The SMILES string of the molecule is OC[C@H]1O[C@@H](c2ccc(Cl)c(Cc3ccc(C4CCC5(CCC5)CC4)cc3)c2)C[C@@H](O)[C@@H]1O. The quantitative estimate of drug-likeness (QED) is 0.554. The Balaban J connectivity index is 1.25. The second-order valence-corrected chi connectivity index (χ2v) is 10.9. The number of hydrogen-bond acceptors (Lipinski definition) is 4. The zero-order valence-corrected chi connectivity index (χ0v) is 19.9. The van der Waals surface area contributed by atoms with E-state index in [1.165, 1.54) is 56.1 Å². The summed E-state index contributed by atoms with van der Waals surface area (Å²) in [7, 11) is 0. The zero-order valence-electron chi connectivity index (χ0n) is 19.1. The van der Waals surface area contributed by atoms with Gasteiger partial charge in [-0.15, -0.1) is 0 Å². The summed E-state index contributed by atoms with van der Waals surface area (Å²) >= 11 is 6.52. The molecule has 0 aromatic heterocycles. The highest BCUT2D eigenvalue weighted by molar-refractivity contribution is 6.31. The number of rotatable bonds is 5. The molecule has 2 aromatic carbocycles. The normalized spacial score (nSPS) is 29.7. The Labute approximate surface area is 201 Å². The Morgan fingerprint density at radius 3 is 2.27 bits per heavy atom. The van der Waals surface area contributed by atoms with Crippen molar-refractivity contribution in [3.05, 3.63) is 69.7 Å². The van der Waals surface area contributed by atoms with Gasteiger partial charge in [-0.25, -0.2) is 0 Å². The van der Waals surface area contributed by atoms with Gasteiger partial charge in [-0.05, 0) is 84.6 Å². The highest BCUT2D eigenvalue weighted by Gasteiger charge is 2.40. The molecule has 3 aliphatic rings. The van der Waals surface area contributed by atoms with E-state index in [1.54, 1.807) is 0 Å². The fraction of sp³-hybridized carbons (Fsp3) is 0.571. The Hall–Kier alpha value is -1.43. The summed E-state index contributed by atoms with van der Waals surface area (Å²) in [5, 5.41) is 30.4. The van der Waals surface area contributed by atoms with E-state index in [1.807, 2.05) is 18.2 Å². The minimum absolute atomic E-state index is 0.288. The summed E-state index contributed by atoms with van der Waals surface area (Å²) in [6.07, 6.45) is 7.61. The van der Waals surface area contributed by atoms with E-state index >= 15 is 0 Å². The van der Waals surface area contributed by atoms with Gasteiger partial charge in [0, 0.05) is 11.4 Å². The van der Waals surface area contributed by atoms with Crippen LogP contribution in [0, 0.1) is 5.41 Å². The predicted octanol–water partition coefficient (Wildman–Crippen LogP) is 5.30. The van der Waals surface area contributed by atoms with Crippen LogP contribution >= 0.6 is 11.6 Å². The van der Waals surface area contributed by atoms with Gasteiger partial charge < -0.3 is 20.1 Å². The monoisotopic (exact) mass is 470 g/mol. The van der Waals surface area contributed by atoms with E-state index in [0.29, 0.717) is 16.4 Å². The molecule has 3 N–H and O–H groups in total. The Kier molecular flexibility index (Phi) is 6.83. The molecule has 0 radical (unpaired) electrons. The fourth-order valence-electron chi connectivity index (χ4n) is 6.12. The third kappa shape index (κ3) is 4.87. The zero-order chi connectivity index (χ0) is 23.0. The van der Waals surface area contributed by atoms with Crippen molar-refractivity contribution in [2.45, 2.75) is 88.1 Å². The molecule has 0 amide bonds. The number of hydrogen-bond donors (Lipinski definition) is 3. The van der Waals surface area contributed by atoms with Crippen LogP contribution < -0.4 is 0 Å². The van der Waals surface area contributed by atoms with Gasteiger partial charge in [0.15, 0.2) is 0 Å². The van der Waals surface area contributed by atoms with Crippen molar-refractivity contribution in [2.75, 3.05) is 6.61 Å². The van der Waals surface area contributed by atoms with Crippen LogP contribution in [0.4, 0.5) is 0 Å². The average Bonchev–Trinajstić information content (AvgIpc) is 2.82. The van der Waals surface area contributed by atoms with E-state index in [-0.39, 0.29) is 19.1 Å². The van der Waals surface area contributed by atoms with Gasteiger partial charge in [0.1, 0.15) is 12.2 Å². The van der Waals surface area contributed by atoms with Gasteiger partial charge in [-0.1, -0.05) is 54.4 Å². The van der Waals surface area contributed by atoms with Crippen LogP contribution in [0.25, 0.3) is 0 Å². The minimum atomic E-state index is -1.07. The molecule has 0 unspecified atom stereocenters. The molecular weight excluding hydrogens is 436 g/mol. The van der Waals surface area contributed by atoms with Crippen LogP contribution in [-0.4, -0.2) is 40.2 Å². The first kappa shape index (κ1) is 23.3. The molecule has 3 fully saturated rings. The number of aliphatic hydroxyl groups is 3. The molecule has 2 aliphatic carbocycles. The molecule has 5 heteroatoms. The van der Waals surface area contributed by atoms with E-state index in [9.17, 15) is 15.3 Å². The molecular formula is C28H35ClO4. The van der Waals surface area contributed by atoms with Crippen molar-refractivity contribution in [3.8, 4) is 0 Å². The maximum atomic E-state index is 10.2. The van der Waals surface area contributed by atoms with E-state index < -0.39 is 18.3 Å². The van der Waals surface area contributed by atoms with Gasteiger partial charge in [-0.3, -0.25) is 0 Å². The van der Waals surface area contributed by atoms with Crippen LogP contribution in [0.3, 0.4) is 0 Å². The van der Waals surface area contributed by atoms with Crippen molar-refractivity contribution >= 4 is 11.6 Å². The largest absolute Gasteiger partial charge is 0.394 e. The third-order valence-corrected chi connectivity index (χ3v) is 8.87. The van der Waals surface area contributed by atoms with Crippen LogP contribution in [0.15, 0.2) is 42.5 Å². The first-order chi connectivity index (χ1) is 16.0. The van der Waals surface area contributed by atoms with Crippen LogP contribution in [-0.2, 0) is 11.2 Å². The van der Waals surface area contributed by atoms with Crippen LogP contribution in [0.1, 0.15) is 85.6 Å². The van der Waals surface area contributed by atoms with Gasteiger partial charge in [-0.2, -0.15) is 0 Å². The predicted molar refractivity (Wildman–Crippen MR) is 130 cm³/mol. The molecule has 2 saturated carbocycles. The van der Waals surface area contributed by atoms with E-state index in [0.717, 1.165) is 17.5 Å². The molecule has 1 spiro atoms. The summed E-state index contributed by atoms with van der Waals surface area (Å²) in [5.41, 5.74) is 5.30. The number of halogens is 1. The highest BCUT2D eigenvalue weighted by Crippen LogP contribution is 2.54. The van der Waals surface area contributed by atoms with Crippen LogP contribution in [0.2, 0.25) is 5.02 Å². The second-order valence-electron chi connectivity index (χ2n) is 10.5. The summed E-state index contributed by atoms with van der Waals surface area (Å²) in [4.78, 5) is 0. The summed E-state index contributed by atoms with van der Waals surface area (Å²) in [6, 6.07) is 14.8. The average molecular weight is 471 g/mol. The van der Waals surface area contributed by atoms with Crippen molar-refractivity contribution in [1.82, 2.24) is 0 Å².